The number of aryl methyl sites for hydroxylation is 1. The second-order valence-corrected chi connectivity index (χ2v) is 9.73. The molecular formula is C21H16ClN3O3S2. The number of nitrogens with zero attached hydrogens (tertiary/aromatic N) is 1. The summed E-state index contributed by atoms with van der Waals surface area (Å²) in [6.07, 6.45) is 0. The number of benzene rings is 3. The Hall–Kier alpha value is -2.94. The van der Waals surface area contributed by atoms with Gasteiger partial charge in [-0.1, -0.05) is 35.1 Å². The second-order valence-electron chi connectivity index (χ2n) is 6.58. The van der Waals surface area contributed by atoms with Crippen LogP contribution in [0.4, 0.5) is 10.8 Å². The predicted molar refractivity (Wildman–Crippen MR) is 121 cm³/mol. The Morgan fingerprint density at radius 1 is 1.03 bits per heavy atom. The minimum absolute atomic E-state index is 0.0755. The van der Waals surface area contributed by atoms with E-state index in [1.807, 2.05) is 25.1 Å². The minimum atomic E-state index is -3.80. The topological polar surface area (TPSA) is 88.2 Å². The van der Waals surface area contributed by atoms with Crippen molar-refractivity contribution >= 4 is 59.9 Å². The number of hydrogen-bond acceptors (Lipinski definition) is 5. The maximum Gasteiger partial charge on any atom is 0.261 e. The lowest BCUT2D eigenvalue weighted by Gasteiger charge is -2.09. The minimum Gasteiger partial charge on any atom is -0.298 e. The summed E-state index contributed by atoms with van der Waals surface area (Å²) in [6, 6.07) is 18.0. The van der Waals surface area contributed by atoms with Crippen molar-refractivity contribution in [1.82, 2.24) is 4.98 Å². The molecule has 9 heteroatoms. The fourth-order valence-corrected chi connectivity index (χ4v) is 4.94. The normalized spacial score (nSPS) is 11.4. The van der Waals surface area contributed by atoms with Gasteiger partial charge in [0, 0.05) is 16.3 Å². The zero-order valence-corrected chi connectivity index (χ0v) is 18.1. The zero-order chi connectivity index (χ0) is 21.3. The zero-order valence-electron chi connectivity index (χ0n) is 15.7. The van der Waals surface area contributed by atoms with Gasteiger partial charge < -0.3 is 0 Å². The lowest BCUT2D eigenvalue weighted by Crippen LogP contribution is -2.15. The molecule has 0 atom stereocenters. The van der Waals surface area contributed by atoms with Gasteiger partial charge in [0.2, 0.25) is 0 Å². The van der Waals surface area contributed by atoms with Crippen molar-refractivity contribution in [3.8, 4) is 0 Å². The highest BCUT2D eigenvalue weighted by Crippen LogP contribution is 2.27. The Bertz CT molecular complexity index is 1350. The number of carbonyl (C=O) groups is 1. The molecule has 1 heterocycles. The van der Waals surface area contributed by atoms with Crippen LogP contribution in [0.25, 0.3) is 10.2 Å². The van der Waals surface area contributed by atoms with Crippen molar-refractivity contribution in [2.75, 3.05) is 10.0 Å². The molecular weight excluding hydrogens is 442 g/mol. The molecule has 1 amide bonds. The average Bonchev–Trinajstić information content (AvgIpc) is 3.09. The van der Waals surface area contributed by atoms with Gasteiger partial charge >= 0.3 is 0 Å². The number of sulfonamides is 1. The quantitative estimate of drug-likeness (QED) is 0.425. The van der Waals surface area contributed by atoms with E-state index >= 15 is 0 Å². The number of rotatable bonds is 5. The molecule has 1 aromatic heterocycles. The van der Waals surface area contributed by atoms with Gasteiger partial charge in [-0.15, -0.1) is 0 Å². The van der Waals surface area contributed by atoms with E-state index < -0.39 is 10.0 Å². The molecule has 3 aromatic carbocycles. The summed E-state index contributed by atoms with van der Waals surface area (Å²) in [5.74, 6) is -0.377. The van der Waals surface area contributed by atoms with Crippen LogP contribution in [0.2, 0.25) is 5.02 Å². The van der Waals surface area contributed by atoms with Crippen LogP contribution in [0, 0.1) is 6.92 Å². The third-order valence-corrected chi connectivity index (χ3v) is 6.85. The third kappa shape index (κ3) is 4.46. The van der Waals surface area contributed by atoms with Gasteiger partial charge in [0.05, 0.1) is 15.1 Å². The molecule has 0 aliphatic heterocycles. The van der Waals surface area contributed by atoms with Crippen molar-refractivity contribution in [2.24, 2.45) is 0 Å². The predicted octanol–water partition coefficient (Wildman–Crippen LogP) is 5.31. The summed E-state index contributed by atoms with van der Waals surface area (Å²) in [7, 11) is -3.80. The average molecular weight is 458 g/mol. The molecule has 4 rings (SSSR count). The summed E-state index contributed by atoms with van der Waals surface area (Å²) in [4.78, 5) is 17.1. The summed E-state index contributed by atoms with van der Waals surface area (Å²) in [5, 5.41) is 3.69. The molecule has 0 saturated heterocycles. The Kier molecular flexibility index (Phi) is 5.46. The molecule has 4 aromatic rings. The van der Waals surface area contributed by atoms with E-state index in [1.54, 1.807) is 18.2 Å². The Labute approximate surface area is 182 Å². The number of nitrogens with one attached hydrogen (secondary N) is 2. The number of hydrogen-bond donors (Lipinski definition) is 2. The lowest BCUT2D eigenvalue weighted by molar-refractivity contribution is 0.102. The molecule has 0 unspecified atom stereocenters. The highest BCUT2D eigenvalue weighted by Gasteiger charge is 2.16. The summed E-state index contributed by atoms with van der Waals surface area (Å²) >= 11 is 7.20. The third-order valence-electron chi connectivity index (χ3n) is 4.27. The van der Waals surface area contributed by atoms with Gasteiger partial charge in [-0.05, 0) is 67.1 Å². The first-order valence-electron chi connectivity index (χ1n) is 8.87. The number of carbonyl (C=O) groups excluding carboxylic acids is 1. The van der Waals surface area contributed by atoms with Crippen molar-refractivity contribution in [3.05, 3.63) is 82.9 Å². The molecule has 0 aliphatic carbocycles. The summed E-state index contributed by atoms with van der Waals surface area (Å²) < 4.78 is 28.6. The van der Waals surface area contributed by atoms with Crippen molar-refractivity contribution in [1.29, 1.82) is 0 Å². The van der Waals surface area contributed by atoms with Crippen LogP contribution in [0.5, 0.6) is 0 Å². The van der Waals surface area contributed by atoms with E-state index in [0.29, 0.717) is 15.7 Å². The van der Waals surface area contributed by atoms with Gasteiger partial charge in [-0.25, -0.2) is 13.4 Å². The summed E-state index contributed by atoms with van der Waals surface area (Å²) in [6.45, 7) is 1.99. The first-order chi connectivity index (χ1) is 14.3. The highest BCUT2D eigenvalue weighted by atomic mass is 35.5. The van der Waals surface area contributed by atoms with Crippen molar-refractivity contribution in [3.63, 3.8) is 0 Å². The van der Waals surface area contributed by atoms with Gasteiger partial charge in [0.25, 0.3) is 15.9 Å². The van der Waals surface area contributed by atoms with E-state index in [1.165, 1.54) is 41.7 Å². The molecule has 152 valence electrons. The van der Waals surface area contributed by atoms with E-state index in [4.69, 9.17) is 11.6 Å². The Balaban J connectivity index is 1.53. The molecule has 0 aliphatic rings. The number of aromatic nitrogens is 1. The molecule has 0 bridgehead atoms. The van der Waals surface area contributed by atoms with Crippen molar-refractivity contribution < 1.29 is 13.2 Å². The maximum atomic E-state index is 12.6. The standard InChI is InChI=1S/C21H16ClN3O3S2/c1-13-5-10-18-19(11-13)29-21(23-18)24-20(26)14-3-2-4-16(12-14)25-30(27,28)17-8-6-15(22)7-9-17/h2-12,25H,1H3,(H,23,24,26). The largest absolute Gasteiger partial charge is 0.298 e. The van der Waals surface area contributed by atoms with Crippen LogP contribution in [0.15, 0.2) is 71.6 Å². The SMILES string of the molecule is Cc1ccc2nc(NC(=O)c3cccc(NS(=O)(=O)c4ccc(Cl)cc4)c3)sc2c1. The number of thiazole rings is 1. The Morgan fingerprint density at radius 2 is 1.80 bits per heavy atom. The number of fused-ring (bicyclic) bond motifs is 1. The number of halogens is 1. The summed E-state index contributed by atoms with van der Waals surface area (Å²) in [5.41, 5.74) is 2.51. The molecule has 0 fully saturated rings. The van der Waals surface area contributed by atoms with Crippen LogP contribution in [0.1, 0.15) is 15.9 Å². The highest BCUT2D eigenvalue weighted by molar-refractivity contribution is 7.92. The Morgan fingerprint density at radius 3 is 2.57 bits per heavy atom. The fourth-order valence-electron chi connectivity index (χ4n) is 2.81. The maximum absolute atomic E-state index is 12.6. The van der Waals surface area contributed by atoms with Crippen molar-refractivity contribution in [2.45, 2.75) is 11.8 Å². The monoisotopic (exact) mass is 457 g/mol. The van der Waals surface area contributed by atoms with E-state index in [9.17, 15) is 13.2 Å². The van der Waals surface area contributed by atoms with Crippen LogP contribution in [-0.2, 0) is 10.0 Å². The lowest BCUT2D eigenvalue weighted by atomic mass is 10.2. The fraction of sp³-hybridized carbons (Fsp3) is 0.0476. The molecule has 0 spiro atoms. The first kappa shape index (κ1) is 20.3. The van der Waals surface area contributed by atoms with E-state index in [-0.39, 0.29) is 16.5 Å². The molecule has 30 heavy (non-hydrogen) atoms. The van der Waals surface area contributed by atoms with Gasteiger partial charge in [0.15, 0.2) is 5.13 Å². The van der Waals surface area contributed by atoms with Crippen LogP contribution in [-0.4, -0.2) is 19.3 Å². The van der Waals surface area contributed by atoms with Gasteiger partial charge in [-0.3, -0.25) is 14.8 Å². The molecule has 2 N–H and O–H groups in total. The number of amides is 1. The smallest absolute Gasteiger partial charge is 0.261 e. The van der Waals surface area contributed by atoms with E-state index in [0.717, 1.165) is 15.8 Å². The number of anilines is 2. The van der Waals surface area contributed by atoms with Gasteiger partial charge in [-0.2, -0.15) is 0 Å². The van der Waals surface area contributed by atoms with E-state index in [2.05, 4.69) is 15.0 Å². The second kappa shape index (κ2) is 8.06. The molecule has 0 saturated carbocycles. The van der Waals surface area contributed by atoms with Crippen LogP contribution < -0.4 is 10.0 Å². The molecule has 0 radical (unpaired) electrons. The first-order valence-corrected chi connectivity index (χ1v) is 11.5. The van der Waals surface area contributed by atoms with Crippen LogP contribution in [0.3, 0.4) is 0 Å². The van der Waals surface area contributed by atoms with Crippen LogP contribution >= 0.6 is 22.9 Å². The molecule has 6 nitrogen and oxygen atoms in total. The van der Waals surface area contributed by atoms with Gasteiger partial charge in [0.1, 0.15) is 0 Å².